The van der Waals surface area contributed by atoms with Gasteiger partial charge in [-0.1, -0.05) is 12.1 Å². The Morgan fingerprint density at radius 1 is 1.53 bits per heavy atom. The second kappa shape index (κ2) is 4.99. The molecule has 1 aromatic rings. The Balaban J connectivity index is 2.05. The van der Waals surface area contributed by atoms with E-state index in [9.17, 15) is 4.39 Å². The molecule has 0 bridgehead atoms. The SMILES string of the molecule is CSCCNC1CCc2c(F)cccc21. The molecule has 1 aromatic carbocycles. The standard InChI is InChI=1S/C12H16FNS/c1-15-8-7-14-12-6-5-9-10(12)3-2-4-11(9)13/h2-4,12,14H,5-8H2,1H3. The number of rotatable bonds is 4. The van der Waals surface area contributed by atoms with E-state index in [4.69, 9.17) is 0 Å². The third-order valence-electron chi connectivity index (χ3n) is 2.91. The highest BCUT2D eigenvalue weighted by Crippen LogP contribution is 2.32. The predicted octanol–water partition coefficient (Wildman–Crippen LogP) is 2.77. The van der Waals surface area contributed by atoms with E-state index >= 15 is 0 Å². The maximum absolute atomic E-state index is 13.4. The minimum Gasteiger partial charge on any atom is -0.309 e. The molecule has 82 valence electrons. The lowest BCUT2D eigenvalue weighted by atomic mass is 10.1. The van der Waals surface area contributed by atoms with Crippen molar-refractivity contribution in [3.05, 3.63) is 35.1 Å². The van der Waals surface area contributed by atoms with Crippen molar-refractivity contribution in [2.45, 2.75) is 18.9 Å². The fourth-order valence-corrected chi connectivity index (χ4v) is 2.48. The highest BCUT2D eigenvalue weighted by Gasteiger charge is 2.23. The van der Waals surface area contributed by atoms with Crippen molar-refractivity contribution >= 4 is 11.8 Å². The lowest BCUT2D eigenvalue weighted by molar-refractivity contribution is 0.552. The third kappa shape index (κ3) is 2.34. The average molecular weight is 225 g/mol. The first kappa shape index (κ1) is 11.0. The topological polar surface area (TPSA) is 12.0 Å². The van der Waals surface area contributed by atoms with E-state index in [1.54, 1.807) is 6.07 Å². The van der Waals surface area contributed by atoms with Crippen LogP contribution in [-0.4, -0.2) is 18.6 Å². The summed E-state index contributed by atoms with van der Waals surface area (Å²) in [6.07, 6.45) is 4.01. The fourth-order valence-electron chi connectivity index (χ4n) is 2.16. The fraction of sp³-hybridized carbons (Fsp3) is 0.500. The second-order valence-corrected chi connectivity index (χ2v) is 4.83. The van der Waals surface area contributed by atoms with Crippen LogP contribution in [-0.2, 0) is 6.42 Å². The molecule has 15 heavy (non-hydrogen) atoms. The van der Waals surface area contributed by atoms with Crippen LogP contribution >= 0.6 is 11.8 Å². The molecule has 1 nitrogen and oxygen atoms in total. The van der Waals surface area contributed by atoms with Gasteiger partial charge in [0.25, 0.3) is 0 Å². The monoisotopic (exact) mass is 225 g/mol. The number of hydrogen-bond acceptors (Lipinski definition) is 2. The van der Waals surface area contributed by atoms with Gasteiger partial charge in [-0.15, -0.1) is 0 Å². The summed E-state index contributed by atoms with van der Waals surface area (Å²) in [6, 6.07) is 5.77. The van der Waals surface area contributed by atoms with Crippen LogP contribution in [0.2, 0.25) is 0 Å². The molecule has 0 aromatic heterocycles. The number of halogens is 1. The zero-order chi connectivity index (χ0) is 10.7. The van der Waals surface area contributed by atoms with E-state index in [2.05, 4.69) is 11.6 Å². The van der Waals surface area contributed by atoms with Gasteiger partial charge in [0.05, 0.1) is 0 Å². The van der Waals surface area contributed by atoms with Crippen molar-refractivity contribution in [2.24, 2.45) is 0 Å². The number of nitrogens with one attached hydrogen (secondary N) is 1. The molecule has 1 aliphatic carbocycles. The van der Waals surface area contributed by atoms with Crippen LogP contribution in [0.3, 0.4) is 0 Å². The number of thioether (sulfide) groups is 1. The average Bonchev–Trinajstić information content (AvgIpc) is 2.64. The highest BCUT2D eigenvalue weighted by atomic mass is 32.2. The number of hydrogen-bond donors (Lipinski definition) is 1. The quantitative estimate of drug-likeness (QED) is 0.791. The van der Waals surface area contributed by atoms with Crippen molar-refractivity contribution in [2.75, 3.05) is 18.6 Å². The second-order valence-electron chi connectivity index (χ2n) is 3.85. The summed E-state index contributed by atoms with van der Waals surface area (Å²) in [4.78, 5) is 0. The Bertz CT molecular complexity index is 340. The van der Waals surface area contributed by atoms with Gasteiger partial charge in [-0.3, -0.25) is 0 Å². The van der Waals surface area contributed by atoms with E-state index in [0.717, 1.165) is 36.3 Å². The molecule has 1 aliphatic rings. The Kier molecular flexibility index (Phi) is 3.65. The van der Waals surface area contributed by atoms with Crippen LogP contribution in [0.4, 0.5) is 4.39 Å². The van der Waals surface area contributed by atoms with E-state index in [0.29, 0.717) is 6.04 Å². The van der Waals surface area contributed by atoms with E-state index in [1.165, 1.54) is 0 Å². The first-order valence-corrected chi connectivity index (χ1v) is 6.72. The molecule has 1 unspecified atom stereocenters. The van der Waals surface area contributed by atoms with Crippen molar-refractivity contribution in [1.82, 2.24) is 5.32 Å². The summed E-state index contributed by atoms with van der Waals surface area (Å²) < 4.78 is 13.4. The molecule has 0 saturated carbocycles. The van der Waals surface area contributed by atoms with Gasteiger partial charge < -0.3 is 5.32 Å². The Hall–Kier alpha value is -0.540. The summed E-state index contributed by atoms with van der Waals surface area (Å²) in [5, 5.41) is 3.48. The molecule has 0 spiro atoms. The number of benzene rings is 1. The molecular weight excluding hydrogens is 209 g/mol. The van der Waals surface area contributed by atoms with Crippen molar-refractivity contribution < 1.29 is 4.39 Å². The zero-order valence-corrected chi connectivity index (χ0v) is 9.74. The van der Waals surface area contributed by atoms with Crippen molar-refractivity contribution in [3.8, 4) is 0 Å². The number of fused-ring (bicyclic) bond motifs is 1. The van der Waals surface area contributed by atoms with Crippen LogP contribution in [0.15, 0.2) is 18.2 Å². The molecule has 0 heterocycles. The summed E-state index contributed by atoms with van der Waals surface area (Å²) in [5.41, 5.74) is 2.08. The molecule has 0 amide bonds. The van der Waals surface area contributed by atoms with Gasteiger partial charge in [0.1, 0.15) is 5.82 Å². The lowest BCUT2D eigenvalue weighted by Crippen LogP contribution is -2.21. The highest BCUT2D eigenvalue weighted by molar-refractivity contribution is 7.98. The minimum atomic E-state index is -0.0401. The summed E-state index contributed by atoms with van der Waals surface area (Å²) >= 11 is 1.83. The van der Waals surface area contributed by atoms with Crippen LogP contribution in [0.1, 0.15) is 23.6 Å². The molecule has 0 aliphatic heterocycles. The minimum absolute atomic E-state index is 0.0401. The molecular formula is C12H16FNS. The molecule has 0 radical (unpaired) electrons. The van der Waals surface area contributed by atoms with Gasteiger partial charge in [0.15, 0.2) is 0 Å². The van der Waals surface area contributed by atoms with Crippen molar-refractivity contribution in [3.63, 3.8) is 0 Å². The Morgan fingerprint density at radius 3 is 3.20 bits per heavy atom. The van der Waals surface area contributed by atoms with Gasteiger partial charge in [0.2, 0.25) is 0 Å². The first-order valence-electron chi connectivity index (χ1n) is 5.32. The van der Waals surface area contributed by atoms with Crippen LogP contribution in [0.5, 0.6) is 0 Å². The predicted molar refractivity (Wildman–Crippen MR) is 63.8 cm³/mol. The van der Waals surface area contributed by atoms with Crippen LogP contribution in [0.25, 0.3) is 0 Å². The largest absolute Gasteiger partial charge is 0.309 e. The zero-order valence-electron chi connectivity index (χ0n) is 8.92. The lowest BCUT2D eigenvalue weighted by Gasteiger charge is -2.13. The van der Waals surface area contributed by atoms with Crippen molar-refractivity contribution in [1.29, 1.82) is 0 Å². The summed E-state index contributed by atoms with van der Waals surface area (Å²) in [7, 11) is 0. The Morgan fingerprint density at radius 2 is 2.40 bits per heavy atom. The third-order valence-corrected chi connectivity index (χ3v) is 3.52. The first-order chi connectivity index (χ1) is 7.33. The molecule has 3 heteroatoms. The van der Waals surface area contributed by atoms with E-state index < -0.39 is 0 Å². The molecule has 1 N–H and O–H groups in total. The van der Waals surface area contributed by atoms with Gasteiger partial charge in [0, 0.05) is 18.3 Å². The van der Waals surface area contributed by atoms with E-state index in [1.807, 2.05) is 23.9 Å². The smallest absolute Gasteiger partial charge is 0.126 e. The maximum Gasteiger partial charge on any atom is 0.126 e. The van der Waals surface area contributed by atoms with E-state index in [-0.39, 0.29) is 5.82 Å². The van der Waals surface area contributed by atoms with Gasteiger partial charge in [-0.05, 0) is 36.3 Å². The van der Waals surface area contributed by atoms with Crippen LogP contribution in [0, 0.1) is 5.82 Å². The molecule has 0 saturated heterocycles. The van der Waals surface area contributed by atoms with Gasteiger partial charge in [-0.2, -0.15) is 11.8 Å². The summed E-state index contributed by atoms with van der Waals surface area (Å²) in [6.45, 7) is 1.00. The molecule has 2 rings (SSSR count). The Labute approximate surface area is 94.5 Å². The molecule has 0 fully saturated rings. The maximum atomic E-state index is 13.4. The molecule has 1 atom stereocenters. The normalized spacial score (nSPS) is 19.2. The van der Waals surface area contributed by atoms with Gasteiger partial charge >= 0.3 is 0 Å². The summed E-state index contributed by atoms with van der Waals surface area (Å²) in [5.74, 6) is 1.07. The van der Waals surface area contributed by atoms with Gasteiger partial charge in [-0.25, -0.2) is 4.39 Å². The van der Waals surface area contributed by atoms with Crippen LogP contribution < -0.4 is 5.32 Å².